The zero-order chi connectivity index (χ0) is 10.0. The number of nitrogens with zero attached hydrogens (tertiary/aromatic N) is 2. The highest BCUT2D eigenvalue weighted by Gasteiger charge is 2.12. The standard InChI is InChI=1S/C8H14BrN3O/c1-5(2)12-8(9)3-7(11-12)6(10)4-13/h3,5-6,13H,4,10H2,1-2H3. The molecule has 0 aromatic carbocycles. The van der Waals surface area contributed by atoms with E-state index in [1.54, 1.807) is 0 Å². The minimum absolute atomic E-state index is 0.0818. The van der Waals surface area contributed by atoms with Crippen molar-refractivity contribution in [3.8, 4) is 0 Å². The second kappa shape index (κ2) is 4.21. The van der Waals surface area contributed by atoms with Crippen molar-refractivity contribution in [2.75, 3.05) is 6.61 Å². The zero-order valence-corrected chi connectivity index (χ0v) is 9.32. The quantitative estimate of drug-likeness (QED) is 0.845. The lowest BCUT2D eigenvalue weighted by Crippen LogP contribution is -2.15. The molecule has 0 amide bonds. The van der Waals surface area contributed by atoms with Crippen LogP contribution in [0.25, 0.3) is 0 Å². The monoisotopic (exact) mass is 247 g/mol. The average molecular weight is 248 g/mol. The molecule has 0 bridgehead atoms. The second-order valence-corrected chi connectivity index (χ2v) is 4.03. The van der Waals surface area contributed by atoms with Crippen LogP contribution in [-0.2, 0) is 0 Å². The normalized spacial score (nSPS) is 13.7. The summed E-state index contributed by atoms with van der Waals surface area (Å²) in [5.41, 5.74) is 6.34. The highest BCUT2D eigenvalue weighted by molar-refractivity contribution is 9.10. The lowest BCUT2D eigenvalue weighted by Gasteiger charge is -2.07. The van der Waals surface area contributed by atoms with Crippen LogP contribution in [0.1, 0.15) is 31.6 Å². The zero-order valence-electron chi connectivity index (χ0n) is 7.74. The summed E-state index contributed by atoms with van der Waals surface area (Å²) in [7, 11) is 0. The molecule has 0 spiro atoms. The second-order valence-electron chi connectivity index (χ2n) is 3.22. The summed E-state index contributed by atoms with van der Waals surface area (Å²) in [6, 6.07) is 1.73. The third-order valence-electron chi connectivity index (χ3n) is 1.77. The Kier molecular flexibility index (Phi) is 3.47. The van der Waals surface area contributed by atoms with Gasteiger partial charge >= 0.3 is 0 Å². The molecule has 4 nitrogen and oxygen atoms in total. The fourth-order valence-corrected chi connectivity index (χ4v) is 1.75. The van der Waals surface area contributed by atoms with Gasteiger partial charge in [-0.25, -0.2) is 0 Å². The van der Waals surface area contributed by atoms with Crippen molar-refractivity contribution < 1.29 is 5.11 Å². The first-order valence-electron chi connectivity index (χ1n) is 4.17. The highest BCUT2D eigenvalue weighted by atomic mass is 79.9. The molecule has 0 aliphatic carbocycles. The van der Waals surface area contributed by atoms with E-state index in [0.29, 0.717) is 5.69 Å². The van der Waals surface area contributed by atoms with Crippen LogP contribution in [0.4, 0.5) is 0 Å². The van der Waals surface area contributed by atoms with Crippen molar-refractivity contribution in [3.63, 3.8) is 0 Å². The Balaban J connectivity index is 2.95. The number of halogens is 1. The molecule has 3 N–H and O–H groups in total. The maximum Gasteiger partial charge on any atom is 0.104 e. The van der Waals surface area contributed by atoms with Crippen LogP contribution in [-0.4, -0.2) is 21.5 Å². The average Bonchev–Trinajstić information content (AvgIpc) is 2.46. The van der Waals surface area contributed by atoms with E-state index in [-0.39, 0.29) is 12.6 Å². The SMILES string of the molecule is CC(C)n1nc(C(N)CO)cc1Br. The van der Waals surface area contributed by atoms with Crippen molar-refractivity contribution in [1.82, 2.24) is 9.78 Å². The molecule has 5 heteroatoms. The van der Waals surface area contributed by atoms with E-state index in [9.17, 15) is 0 Å². The van der Waals surface area contributed by atoms with Crippen LogP contribution in [0.2, 0.25) is 0 Å². The van der Waals surface area contributed by atoms with Crippen LogP contribution < -0.4 is 5.73 Å². The molecule has 13 heavy (non-hydrogen) atoms. The summed E-state index contributed by atoms with van der Waals surface area (Å²) in [6.07, 6.45) is 0. The minimum atomic E-state index is -0.392. The molecular formula is C8H14BrN3O. The first-order chi connectivity index (χ1) is 6.06. The van der Waals surface area contributed by atoms with Gasteiger partial charge in [-0.05, 0) is 35.8 Å². The number of aliphatic hydroxyl groups is 1. The van der Waals surface area contributed by atoms with E-state index in [4.69, 9.17) is 10.8 Å². The van der Waals surface area contributed by atoms with E-state index in [1.807, 2.05) is 24.6 Å². The molecule has 1 aromatic heterocycles. The molecule has 0 saturated carbocycles. The van der Waals surface area contributed by atoms with Gasteiger partial charge in [-0.15, -0.1) is 0 Å². The smallest absolute Gasteiger partial charge is 0.104 e. The summed E-state index contributed by atoms with van der Waals surface area (Å²) in [5.74, 6) is 0. The van der Waals surface area contributed by atoms with Gasteiger partial charge < -0.3 is 10.8 Å². The van der Waals surface area contributed by atoms with Crippen molar-refractivity contribution in [2.24, 2.45) is 5.73 Å². The van der Waals surface area contributed by atoms with Crippen LogP contribution in [0.5, 0.6) is 0 Å². The van der Waals surface area contributed by atoms with Crippen LogP contribution >= 0.6 is 15.9 Å². The molecule has 0 fully saturated rings. The summed E-state index contributed by atoms with van der Waals surface area (Å²) in [4.78, 5) is 0. The van der Waals surface area contributed by atoms with Crippen LogP contribution in [0.15, 0.2) is 10.7 Å². The lowest BCUT2D eigenvalue weighted by atomic mass is 10.2. The first kappa shape index (κ1) is 10.7. The van der Waals surface area contributed by atoms with E-state index in [0.717, 1.165) is 4.60 Å². The largest absolute Gasteiger partial charge is 0.394 e. The van der Waals surface area contributed by atoms with Gasteiger partial charge in [0.05, 0.1) is 18.3 Å². The summed E-state index contributed by atoms with van der Waals surface area (Å²) < 4.78 is 2.71. The molecule has 1 heterocycles. The maximum atomic E-state index is 8.84. The molecule has 0 aliphatic rings. The number of rotatable bonds is 3. The molecule has 1 atom stereocenters. The van der Waals surface area contributed by atoms with Gasteiger partial charge in [0, 0.05) is 6.04 Å². The fraction of sp³-hybridized carbons (Fsp3) is 0.625. The van der Waals surface area contributed by atoms with Crippen molar-refractivity contribution in [1.29, 1.82) is 0 Å². The summed E-state index contributed by atoms with van der Waals surface area (Å²) >= 11 is 3.38. The Bertz CT molecular complexity index is 285. The van der Waals surface area contributed by atoms with E-state index >= 15 is 0 Å². The van der Waals surface area contributed by atoms with Crippen molar-refractivity contribution in [3.05, 3.63) is 16.4 Å². The van der Waals surface area contributed by atoms with E-state index in [1.165, 1.54) is 0 Å². The Morgan fingerprint density at radius 3 is 2.69 bits per heavy atom. The summed E-state index contributed by atoms with van der Waals surface area (Å²) in [6.45, 7) is 3.99. The van der Waals surface area contributed by atoms with Gasteiger partial charge in [0.25, 0.3) is 0 Å². The Hall–Kier alpha value is -0.390. The number of aromatic nitrogens is 2. The number of nitrogens with two attached hydrogens (primary N) is 1. The molecule has 0 radical (unpaired) electrons. The Morgan fingerprint density at radius 1 is 1.69 bits per heavy atom. The van der Waals surface area contributed by atoms with Gasteiger partial charge in [-0.1, -0.05) is 0 Å². The topological polar surface area (TPSA) is 64.1 Å². The molecule has 0 saturated heterocycles. The third-order valence-corrected chi connectivity index (χ3v) is 2.37. The highest BCUT2D eigenvalue weighted by Crippen LogP contribution is 2.19. The number of hydrogen-bond donors (Lipinski definition) is 2. The van der Waals surface area contributed by atoms with Gasteiger partial charge in [-0.3, -0.25) is 4.68 Å². The molecule has 1 rings (SSSR count). The number of aliphatic hydroxyl groups excluding tert-OH is 1. The third kappa shape index (κ3) is 2.30. The van der Waals surface area contributed by atoms with Gasteiger partial charge in [0.15, 0.2) is 0 Å². The van der Waals surface area contributed by atoms with Crippen molar-refractivity contribution in [2.45, 2.75) is 25.9 Å². The Labute approximate surface area is 85.9 Å². The number of hydrogen-bond acceptors (Lipinski definition) is 3. The predicted octanol–water partition coefficient (Wildman–Crippen LogP) is 1.22. The maximum absolute atomic E-state index is 8.84. The molecule has 1 aromatic rings. The molecule has 1 unspecified atom stereocenters. The van der Waals surface area contributed by atoms with Crippen LogP contribution in [0.3, 0.4) is 0 Å². The molecular weight excluding hydrogens is 234 g/mol. The minimum Gasteiger partial charge on any atom is -0.394 e. The summed E-state index contributed by atoms with van der Waals surface area (Å²) in [5, 5.41) is 13.1. The Morgan fingerprint density at radius 2 is 2.31 bits per heavy atom. The molecule has 0 aliphatic heterocycles. The molecule has 74 valence electrons. The van der Waals surface area contributed by atoms with Gasteiger partial charge in [-0.2, -0.15) is 5.10 Å². The van der Waals surface area contributed by atoms with E-state index in [2.05, 4.69) is 21.0 Å². The van der Waals surface area contributed by atoms with E-state index < -0.39 is 6.04 Å². The van der Waals surface area contributed by atoms with Gasteiger partial charge in [0.2, 0.25) is 0 Å². The predicted molar refractivity (Wildman–Crippen MR) is 54.3 cm³/mol. The van der Waals surface area contributed by atoms with Gasteiger partial charge in [0.1, 0.15) is 4.60 Å². The first-order valence-corrected chi connectivity index (χ1v) is 4.97. The van der Waals surface area contributed by atoms with Crippen molar-refractivity contribution >= 4 is 15.9 Å². The lowest BCUT2D eigenvalue weighted by molar-refractivity contribution is 0.265. The van der Waals surface area contributed by atoms with Crippen LogP contribution in [0, 0.1) is 0 Å². The fourth-order valence-electron chi connectivity index (χ4n) is 1.03.